The summed E-state index contributed by atoms with van der Waals surface area (Å²) in [6.07, 6.45) is 4.12. The predicted octanol–water partition coefficient (Wildman–Crippen LogP) is 0.00900. The number of hydrogen-bond donors (Lipinski definition) is 3. The van der Waals surface area contributed by atoms with Gasteiger partial charge < -0.3 is 10.5 Å². The second-order valence-corrected chi connectivity index (χ2v) is 3.03. The van der Waals surface area contributed by atoms with Crippen molar-refractivity contribution in [2.45, 2.75) is 6.42 Å². The Labute approximate surface area is 69.9 Å². The molecule has 1 heterocycles. The number of carbonyl (C=O) groups is 1. The number of hydrazine groups is 1. The molecule has 0 radical (unpaired) electrons. The third-order valence-electron chi connectivity index (χ3n) is 2.23. The van der Waals surface area contributed by atoms with Crippen molar-refractivity contribution < 1.29 is 9.90 Å². The molecule has 0 bridgehead atoms. The lowest BCUT2D eigenvalue weighted by atomic mass is 9.92. The number of nitrogens with one attached hydrogen (secondary N) is 2. The Bertz CT molecular complexity index is 281. The highest BCUT2D eigenvalue weighted by atomic mass is 16.4. The molecule has 4 nitrogen and oxygen atoms in total. The van der Waals surface area contributed by atoms with Crippen molar-refractivity contribution in [1.82, 2.24) is 10.9 Å². The van der Waals surface area contributed by atoms with E-state index < -0.39 is 5.97 Å². The van der Waals surface area contributed by atoms with Gasteiger partial charge in [0.1, 0.15) is 0 Å². The van der Waals surface area contributed by atoms with Gasteiger partial charge >= 0.3 is 5.97 Å². The summed E-state index contributed by atoms with van der Waals surface area (Å²) >= 11 is 0. The largest absolute Gasteiger partial charge is 0.478 e. The number of allylic oxidation sites excluding steroid dienone is 2. The molecule has 4 heteroatoms. The van der Waals surface area contributed by atoms with Crippen LogP contribution >= 0.6 is 0 Å². The Morgan fingerprint density at radius 3 is 3.17 bits per heavy atom. The summed E-state index contributed by atoms with van der Waals surface area (Å²) in [6.45, 7) is 0.816. The lowest BCUT2D eigenvalue weighted by Crippen LogP contribution is -2.20. The first kappa shape index (κ1) is 7.36. The zero-order valence-corrected chi connectivity index (χ0v) is 6.50. The van der Waals surface area contributed by atoms with Crippen LogP contribution < -0.4 is 10.9 Å². The van der Waals surface area contributed by atoms with Gasteiger partial charge in [-0.05, 0) is 12.5 Å². The van der Waals surface area contributed by atoms with E-state index in [0.29, 0.717) is 17.9 Å². The van der Waals surface area contributed by atoms with Crippen LogP contribution in [0.25, 0.3) is 0 Å². The summed E-state index contributed by atoms with van der Waals surface area (Å²) in [6, 6.07) is 0. The molecule has 0 aromatic heterocycles. The third-order valence-corrected chi connectivity index (χ3v) is 2.23. The first-order chi connectivity index (χ1) is 5.77. The molecule has 0 spiro atoms. The van der Waals surface area contributed by atoms with E-state index in [4.69, 9.17) is 5.11 Å². The molecule has 0 aromatic carbocycles. The predicted molar refractivity (Wildman–Crippen MR) is 43.0 cm³/mol. The van der Waals surface area contributed by atoms with Crippen molar-refractivity contribution in [3.63, 3.8) is 0 Å². The summed E-state index contributed by atoms with van der Waals surface area (Å²) in [7, 11) is 0. The lowest BCUT2D eigenvalue weighted by molar-refractivity contribution is -0.132. The number of fused-ring (bicyclic) bond motifs is 1. The van der Waals surface area contributed by atoms with Crippen LogP contribution in [-0.4, -0.2) is 17.6 Å². The molecule has 0 aromatic rings. The number of carboxylic acids is 1. The highest BCUT2D eigenvalue weighted by Crippen LogP contribution is 2.25. The van der Waals surface area contributed by atoms with Crippen molar-refractivity contribution in [3.8, 4) is 0 Å². The molecular formula is C8H10N2O2. The van der Waals surface area contributed by atoms with Gasteiger partial charge in [0.15, 0.2) is 0 Å². The molecule has 0 amide bonds. The molecule has 2 aliphatic rings. The molecule has 12 heavy (non-hydrogen) atoms. The number of aliphatic carboxylic acids is 1. The van der Waals surface area contributed by atoms with E-state index in [2.05, 4.69) is 10.9 Å². The van der Waals surface area contributed by atoms with Crippen LogP contribution in [0.4, 0.5) is 0 Å². The summed E-state index contributed by atoms with van der Waals surface area (Å²) in [5.74, 6) is -0.488. The zero-order valence-electron chi connectivity index (χ0n) is 6.50. The quantitative estimate of drug-likeness (QED) is 0.513. The van der Waals surface area contributed by atoms with E-state index in [-0.39, 0.29) is 0 Å². The molecule has 64 valence electrons. The molecule has 0 saturated carbocycles. The molecule has 1 saturated heterocycles. The van der Waals surface area contributed by atoms with Crippen LogP contribution in [-0.2, 0) is 4.79 Å². The smallest absolute Gasteiger partial charge is 0.331 e. The highest BCUT2D eigenvalue weighted by molar-refractivity contribution is 5.87. The van der Waals surface area contributed by atoms with E-state index in [1.807, 2.05) is 6.08 Å². The Hall–Kier alpha value is -1.29. The molecule has 3 N–H and O–H groups in total. The van der Waals surface area contributed by atoms with E-state index in [0.717, 1.165) is 12.2 Å². The minimum atomic E-state index is -0.808. The van der Waals surface area contributed by atoms with Crippen molar-refractivity contribution >= 4 is 5.97 Å². The van der Waals surface area contributed by atoms with Crippen molar-refractivity contribution in [2.24, 2.45) is 5.92 Å². The topological polar surface area (TPSA) is 61.4 Å². The fourth-order valence-electron chi connectivity index (χ4n) is 1.53. The Kier molecular flexibility index (Phi) is 1.62. The maximum Gasteiger partial charge on any atom is 0.331 e. The van der Waals surface area contributed by atoms with Gasteiger partial charge in [-0.1, -0.05) is 6.08 Å². The molecular weight excluding hydrogens is 156 g/mol. The summed E-state index contributed by atoms with van der Waals surface area (Å²) in [5, 5.41) is 8.72. The third kappa shape index (κ3) is 1.10. The van der Waals surface area contributed by atoms with E-state index >= 15 is 0 Å². The summed E-state index contributed by atoms with van der Waals surface area (Å²) in [5.41, 5.74) is 7.56. The van der Waals surface area contributed by atoms with Crippen LogP contribution in [0.15, 0.2) is 23.4 Å². The van der Waals surface area contributed by atoms with Crippen molar-refractivity contribution in [1.29, 1.82) is 0 Å². The number of carboxylic acid groups (broad SMARTS) is 1. The first-order valence-corrected chi connectivity index (χ1v) is 3.90. The molecule has 1 atom stereocenters. The van der Waals surface area contributed by atoms with Gasteiger partial charge in [0, 0.05) is 23.7 Å². The van der Waals surface area contributed by atoms with Gasteiger partial charge in [-0.3, -0.25) is 0 Å². The van der Waals surface area contributed by atoms with E-state index in [9.17, 15) is 4.79 Å². The average Bonchev–Trinajstić information content (AvgIpc) is 2.49. The van der Waals surface area contributed by atoms with Gasteiger partial charge in [0.25, 0.3) is 0 Å². The van der Waals surface area contributed by atoms with Crippen LogP contribution in [0.1, 0.15) is 6.42 Å². The maximum absolute atomic E-state index is 10.6. The normalized spacial score (nSPS) is 26.8. The molecule has 1 unspecified atom stereocenters. The number of hydrogen-bond acceptors (Lipinski definition) is 3. The fourth-order valence-corrected chi connectivity index (χ4v) is 1.53. The van der Waals surface area contributed by atoms with Crippen molar-refractivity contribution in [2.75, 3.05) is 6.54 Å². The fraction of sp³-hybridized carbons (Fsp3) is 0.375. The van der Waals surface area contributed by atoms with Crippen LogP contribution in [0.5, 0.6) is 0 Å². The van der Waals surface area contributed by atoms with E-state index in [1.165, 1.54) is 0 Å². The van der Waals surface area contributed by atoms with Crippen LogP contribution in [0.2, 0.25) is 0 Å². The van der Waals surface area contributed by atoms with Crippen molar-refractivity contribution in [3.05, 3.63) is 23.4 Å². The SMILES string of the molecule is O=C(O)C1=CC=C2NNCC2C1. The van der Waals surface area contributed by atoms with Crippen LogP contribution in [0.3, 0.4) is 0 Å². The minimum Gasteiger partial charge on any atom is -0.478 e. The zero-order chi connectivity index (χ0) is 8.55. The standard InChI is InChI=1S/C8H10N2O2/c11-8(12)5-1-2-7-6(3-5)4-9-10-7/h1-2,6,9-10H,3-4H2,(H,11,12). The lowest BCUT2D eigenvalue weighted by Gasteiger charge is -2.13. The average molecular weight is 166 g/mol. The minimum absolute atomic E-state index is 0.320. The maximum atomic E-state index is 10.6. The molecule has 2 rings (SSSR count). The summed E-state index contributed by atoms with van der Waals surface area (Å²) < 4.78 is 0. The monoisotopic (exact) mass is 166 g/mol. The van der Waals surface area contributed by atoms with Gasteiger partial charge in [0.2, 0.25) is 0 Å². The van der Waals surface area contributed by atoms with Gasteiger partial charge in [-0.15, -0.1) is 0 Å². The molecule has 1 aliphatic carbocycles. The Morgan fingerprint density at radius 1 is 1.58 bits per heavy atom. The van der Waals surface area contributed by atoms with Gasteiger partial charge in [-0.25, -0.2) is 10.2 Å². The summed E-state index contributed by atoms with van der Waals surface area (Å²) in [4.78, 5) is 10.6. The Balaban J connectivity index is 2.20. The molecule has 1 aliphatic heterocycles. The van der Waals surface area contributed by atoms with Gasteiger partial charge in [-0.2, -0.15) is 0 Å². The molecule has 1 fully saturated rings. The first-order valence-electron chi connectivity index (χ1n) is 3.90. The second-order valence-electron chi connectivity index (χ2n) is 3.03. The highest BCUT2D eigenvalue weighted by Gasteiger charge is 2.25. The number of rotatable bonds is 1. The van der Waals surface area contributed by atoms with Crippen LogP contribution in [0, 0.1) is 5.92 Å². The Morgan fingerprint density at radius 2 is 2.42 bits per heavy atom. The second kappa shape index (κ2) is 2.64. The van der Waals surface area contributed by atoms with Gasteiger partial charge in [0.05, 0.1) is 0 Å². The van der Waals surface area contributed by atoms with E-state index in [1.54, 1.807) is 6.08 Å².